The maximum Gasteiger partial charge on any atom is 0.0668 e. The summed E-state index contributed by atoms with van der Waals surface area (Å²) in [6.45, 7) is 5.78. The standard InChI is InChI=1S/C16H16N2/c1-3-7-14-8-4-5-10-16(14)18-13(2)15-9-6-11-17-12-15/h3-6,8-12H,1,7H2,2H3. The molecular weight excluding hydrogens is 220 g/mol. The van der Waals surface area contributed by atoms with Gasteiger partial charge in [0.15, 0.2) is 0 Å². The Morgan fingerprint density at radius 2 is 2.11 bits per heavy atom. The first-order valence-electron chi connectivity index (χ1n) is 5.96. The Morgan fingerprint density at radius 1 is 1.28 bits per heavy atom. The third kappa shape index (κ3) is 2.92. The predicted molar refractivity (Wildman–Crippen MR) is 76.5 cm³/mol. The summed E-state index contributed by atoms with van der Waals surface area (Å²) >= 11 is 0. The molecule has 2 rings (SSSR count). The van der Waals surface area contributed by atoms with Gasteiger partial charge in [-0.1, -0.05) is 30.3 Å². The van der Waals surface area contributed by atoms with Crippen LogP contribution in [0.2, 0.25) is 0 Å². The van der Waals surface area contributed by atoms with Crippen molar-refractivity contribution in [2.24, 2.45) is 4.99 Å². The molecule has 0 aliphatic carbocycles. The van der Waals surface area contributed by atoms with Gasteiger partial charge in [-0.2, -0.15) is 0 Å². The van der Waals surface area contributed by atoms with Crippen LogP contribution in [0, 0.1) is 0 Å². The van der Waals surface area contributed by atoms with E-state index in [0.29, 0.717) is 0 Å². The highest BCUT2D eigenvalue weighted by atomic mass is 14.8. The number of benzene rings is 1. The van der Waals surface area contributed by atoms with Crippen molar-refractivity contribution in [3.63, 3.8) is 0 Å². The Hall–Kier alpha value is -2.22. The first kappa shape index (κ1) is 12.2. The van der Waals surface area contributed by atoms with Gasteiger partial charge in [0, 0.05) is 23.7 Å². The number of hydrogen-bond acceptors (Lipinski definition) is 2. The van der Waals surface area contributed by atoms with Crippen LogP contribution in [0.25, 0.3) is 0 Å². The SMILES string of the molecule is C=CCc1ccccc1N=C(C)c1cccnc1. The second-order valence-electron chi connectivity index (χ2n) is 4.06. The number of allylic oxidation sites excluding steroid dienone is 1. The van der Waals surface area contributed by atoms with E-state index in [4.69, 9.17) is 0 Å². The third-order valence-corrected chi connectivity index (χ3v) is 2.72. The van der Waals surface area contributed by atoms with Gasteiger partial charge in [0.2, 0.25) is 0 Å². The van der Waals surface area contributed by atoms with Gasteiger partial charge in [0.1, 0.15) is 0 Å². The quantitative estimate of drug-likeness (QED) is 0.583. The van der Waals surface area contributed by atoms with Gasteiger partial charge in [-0.25, -0.2) is 0 Å². The molecule has 0 bridgehead atoms. The van der Waals surface area contributed by atoms with Crippen molar-refractivity contribution in [1.29, 1.82) is 0 Å². The lowest BCUT2D eigenvalue weighted by molar-refractivity contribution is 1.25. The van der Waals surface area contributed by atoms with E-state index in [-0.39, 0.29) is 0 Å². The molecule has 0 aliphatic heterocycles. The predicted octanol–water partition coefficient (Wildman–Crippen LogP) is 3.95. The van der Waals surface area contributed by atoms with Gasteiger partial charge in [0.25, 0.3) is 0 Å². The third-order valence-electron chi connectivity index (χ3n) is 2.72. The van der Waals surface area contributed by atoms with Crippen LogP contribution in [0.4, 0.5) is 5.69 Å². The summed E-state index contributed by atoms with van der Waals surface area (Å²) in [5, 5.41) is 0. The molecule has 0 aliphatic rings. The number of aromatic nitrogens is 1. The number of para-hydroxylation sites is 1. The molecule has 1 aromatic heterocycles. The van der Waals surface area contributed by atoms with Crippen LogP contribution < -0.4 is 0 Å². The van der Waals surface area contributed by atoms with E-state index in [1.165, 1.54) is 5.56 Å². The highest BCUT2D eigenvalue weighted by Crippen LogP contribution is 2.20. The molecule has 0 saturated heterocycles. The van der Waals surface area contributed by atoms with Crippen LogP contribution in [-0.2, 0) is 6.42 Å². The van der Waals surface area contributed by atoms with Crippen molar-refractivity contribution < 1.29 is 0 Å². The topological polar surface area (TPSA) is 25.2 Å². The average molecular weight is 236 g/mol. The Bertz CT molecular complexity index is 556. The second kappa shape index (κ2) is 5.92. The van der Waals surface area contributed by atoms with Crippen LogP contribution in [0.3, 0.4) is 0 Å². The minimum atomic E-state index is 0.833. The number of nitrogens with zero attached hydrogens (tertiary/aromatic N) is 2. The number of aliphatic imine (C=N–C) groups is 1. The van der Waals surface area contributed by atoms with E-state index in [0.717, 1.165) is 23.4 Å². The monoisotopic (exact) mass is 236 g/mol. The molecule has 0 spiro atoms. The van der Waals surface area contributed by atoms with Crippen molar-refractivity contribution in [3.05, 3.63) is 72.6 Å². The Labute approximate surface area is 108 Å². The normalized spacial score (nSPS) is 11.3. The lowest BCUT2D eigenvalue weighted by Crippen LogP contribution is -1.95. The van der Waals surface area contributed by atoms with Crippen molar-refractivity contribution in [3.8, 4) is 0 Å². The Kier molecular flexibility index (Phi) is 4.02. The molecule has 90 valence electrons. The smallest absolute Gasteiger partial charge is 0.0668 e. The largest absolute Gasteiger partial charge is 0.264 e. The summed E-state index contributed by atoms with van der Waals surface area (Å²) in [4.78, 5) is 8.79. The molecule has 0 N–H and O–H groups in total. The average Bonchev–Trinajstić information content (AvgIpc) is 2.42. The van der Waals surface area contributed by atoms with Gasteiger partial charge in [-0.3, -0.25) is 9.98 Å². The van der Waals surface area contributed by atoms with Crippen molar-refractivity contribution in [1.82, 2.24) is 4.98 Å². The van der Waals surface area contributed by atoms with Crippen LogP contribution in [0.5, 0.6) is 0 Å². The lowest BCUT2D eigenvalue weighted by atomic mass is 10.1. The van der Waals surface area contributed by atoms with Crippen LogP contribution in [-0.4, -0.2) is 10.7 Å². The minimum absolute atomic E-state index is 0.833. The van der Waals surface area contributed by atoms with E-state index in [9.17, 15) is 0 Å². The Balaban J connectivity index is 2.35. The maximum absolute atomic E-state index is 4.68. The zero-order chi connectivity index (χ0) is 12.8. The molecule has 2 heteroatoms. The van der Waals surface area contributed by atoms with Crippen molar-refractivity contribution in [2.75, 3.05) is 0 Å². The fraction of sp³-hybridized carbons (Fsp3) is 0.125. The lowest BCUT2D eigenvalue weighted by Gasteiger charge is -2.05. The zero-order valence-electron chi connectivity index (χ0n) is 10.5. The van der Waals surface area contributed by atoms with Gasteiger partial charge < -0.3 is 0 Å². The Morgan fingerprint density at radius 3 is 2.83 bits per heavy atom. The van der Waals surface area contributed by atoms with Gasteiger partial charge in [0.05, 0.1) is 5.69 Å². The zero-order valence-corrected chi connectivity index (χ0v) is 10.5. The van der Waals surface area contributed by atoms with Gasteiger partial charge >= 0.3 is 0 Å². The summed E-state index contributed by atoms with van der Waals surface area (Å²) < 4.78 is 0. The summed E-state index contributed by atoms with van der Waals surface area (Å²) in [6, 6.07) is 12.1. The molecule has 1 heterocycles. The number of pyridine rings is 1. The van der Waals surface area contributed by atoms with Crippen LogP contribution in [0.1, 0.15) is 18.1 Å². The maximum atomic E-state index is 4.68. The van der Waals surface area contributed by atoms with E-state index in [1.807, 2.05) is 49.5 Å². The molecule has 0 fully saturated rings. The molecule has 0 atom stereocenters. The summed E-state index contributed by atoms with van der Waals surface area (Å²) in [7, 11) is 0. The minimum Gasteiger partial charge on any atom is -0.264 e. The molecule has 0 unspecified atom stereocenters. The van der Waals surface area contributed by atoms with E-state index in [1.54, 1.807) is 6.20 Å². The second-order valence-corrected chi connectivity index (χ2v) is 4.06. The van der Waals surface area contributed by atoms with Gasteiger partial charge in [-0.05, 0) is 31.0 Å². The molecule has 2 aromatic rings. The fourth-order valence-electron chi connectivity index (χ4n) is 1.77. The number of rotatable bonds is 4. The molecular formula is C16H16N2. The van der Waals surface area contributed by atoms with Crippen molar-refractivity contribution in [2.45, 2.75) is 13.3 Å². The molecule has 1 aromatic carbocycles. The van der Waals surface area contributed by atoms with Crippen molar-refractivity contribution >= 4 is 11.4 Å². The van der Waals surface area contributed by atoms with E-state index in [2.05, 4.69) is 22.6 Å². The molecule has 0 saturated carbocycles. The summed E-state index contributed by atoms with van der Waals surface area (Å²) in [5.41, 5.74) is 4.21. The molecule has 2 nitrogen and oxygen atoms in total. The molecule has 18 heavy (non-hydrogen) atoms. The first-order chi connectivity index (χ1) is 8.81. The highest BCUT2D eigenvalue weighted by Gasteiger charge is 2.01. The summed E-state index contributed by atoms with van der Waals surface area (Å²) in [5.74, 6) is 0. The van der Waals surface area contributed by atoms with Crippen LogP contribution >= 0.6 is 0 Å². The fourth-order valence-corrected chi connectivity index (χ4v) is 1.77. The van der Waals surface area contributed by atoms with E-state index >= 15 is 0 Å². The van der Waals surface area contributed by atoms with Gasteiger partial charge in [-0.15, -0.1) is 6.58 Å². The summed E-state index contributed by atoms with van der Waals surface area (Å²) in [6.07, 6.45) is 6.32. The highest BCUT2D eigenvalue weighted by molar-refractivity contribution is 6.00. The first-order valence-corrected chi connectivity index (χ1v) is 5.96. The number of hydrogen-bond donors (Lipinski definition) is 0. The molecule has 0 amide bonds. The molecule has 0 radical (unpaired) electrons. The van der Waals surface area contributed by atoms with E-state index < -0.39 is 0 Å². The van der Waals surface area contributed by atoms with Crippen LogP contribution in [0.15, 0.2) is 66.4 Å².